The average Bonchev–Trinajstić information content (AvgIpc) is 3.44. The lowest BCUT2D eigenvalue weighted by atomic mass is 9.72. The van der Waals surface area contributed by atoms with E-state index >= 15 is 0 Å². The first-order chi connectivity index (χ1) is 14.4. The summed E-state index contributed by atoms with van der Waals surface area (Å²) in [5.41, 5.74) is -1.59. The van der Waals surface area contributed by atoms with E-state index in [4.69, 9.17) is 0 Å². The molecule has 4 aliphatic rings. The second-order valence-corrected chi connectivity index (χ2v) is 12.2. The highest BCUT2D eigenvalue weighted by atomic mass is 32.2. The lowest BCUT2D eigenvalue weighted by Gasteiger charge is -2.62. The standard InChI is InChI=1S/C21H28F3N3O3S/c1-19(28)8-6-15(7-9-19)26-10-20(11-26)12-27(13-20)31(29,30)16-4-5-17(21(22,23)24)25-18(16)14-2-3-14/h4-5,14-15,28H,2-3,6-13H2,1H3. The molecule has 10 heteroatoms. The number of aromatic nitrogens is 1. The quantitative estimate of drug-likeness (QED) is 0.750. The van der Waals surface area contributed by atoms with Gasteiger partial charge in [0.25, 0.3) is 0 Å². The zero-order valence-electron chi connectivity index (χ0n) is 17.5. The van der Waals surface area contributed by atoms with Gasteiger partial charge in [-0.1, -0.05) is 0 Å². The number of halogens is 3. The van der Waals surface area contributed by atoms with Crippen LogP contribution >= 0.6 is 0 Å². The Kier molecular flexibility index (Phi) is 4.80. The summed E-state index contributed by atoms with van der Waals surface area (Å²) in [5.74, 6) is -0.204. The first-order valence-corrected chi connectivity index (χ1v) is 12.4. The molecule has 3 heterocycles. The zero-order valence-corrected chi connectivity index (χ0v) is 18.3. The molecule has 0 aromatic carbocycles. The van der Waals surface area contributed by atoms with Crippen molar-refractivity contribution in [3.63, 3.8) is 0 Å². The SMILES string of the molecule is CC1(O)CCC(N2CC3(C2)CN(S(=O)(=O)c2ccc(C(F)(F)F)nc2C2CC2)C3)CC1. The highest BCUT2D eigenvalue weighted by Gasteiger charge is 2.57. The number of sulfonamides is 1. The molecular weight excluding hydrogens is 431 g/mol. The second kappa shape index (κ2) is 6.88. The van der Waals surface area contributed by atoms with Crippen molar-refractivity contribution >= 4 is 10.0 Å². The molecule has 1 spiro atoms. The molecule has 6 nitrogen and oxygen atoms in total. The number of hydrogen-bond donors (Lipinski definition) is 1. The van der Waals surface area contributed by atoms with E-state index in [-0.39, 0.29) is 21.9 Å². The van der Waals surface area contributed by atoms with Gasteiger partial charge in [0.05, 0.1) is 11.3 Å². The first-order valence-electron chi connectivity index (χ1n) is 10.9. The van der Waals surface area contributed by atoms with Crippen LogP contribution in [0.25, 0.3) is 0 Å². The molecule has 0 unspecified atom stereocenters. The molecular formula is C21H28F3N3O3S. The Morgan fingerprint density at radius 3 is 2.23 bits per heavy atom. The molecule has 2 aliphatic carbocycles. The van der Waals surface area contributed by atoms with Crippen LogP contribution in [0.2, 0.25) is 0 Å². The van der Waals surface area contributed by atoms with Crippen molar-refractivity contribution in [2.45, 2.75) is 74.1 Å². The largest absolute Gasteiger partial charge is 0.433 e. The Balaban J connectivity index is 1.25. The van der Waals surface area contributed by atoms with E-state index in [0.29, 0.717) is 32.0 Å². The second-order valence-electron chi connectivity index (χ2n) is 10.3. The van der Waals surface area contributed by atoms with Crippen LogP contribution in [0.3, 0.4) is 0 Å². The van der Waals surface area contributed by atoms with Crippen molar-refractivity contribution in [1.82, 2.24) is 14.2 Å². The molecule has 1 N–H and O–H groups in total. The van der Waals surface area contributed by atoms with Gasteiger partial charge in [0.15, 0.2) is 0 Å². The lowest BCUT2D eigenvalue weighted by molar-refractivity contribution is -0.141. The van der Waals surface area contributed by atoms with Crippen LogP contribution in [0.1, 0.15) is 62.8 Å². The Bertz CT molecular complexity index is 967. The van der Waals surface area contributed by atoms with E-state index in [0.717, 1.165) is 50.9 Å². The topological polar surface area (TPSA) is 73.7 Å². The monoisotopic (exact) mass is 459 g/mol. The van der Waals surface area contributed by atoms with Gasteiger partial charge in [0.2, 0.25) is 10.0 Å². The van der Waals surface area contributed by atoms with E-state index < -0.39 is 27.5 Å². The van der Waals surface area contributed by atoms with Crippen molar-refractivity contribution in [1.29, 1.82) is 0 Å². The summed E-state index contributed by atoms with van der Waals surface area (Å²) in [6.07, 6.45) is 0.224. The summed E-state index contributed by atoms with van der Waals surface area (Å²) in [5, 5.41) is 10.1. The van der Waals surface area contributed by atoms with Crippen molar-refractivity contribution < 1.29 is 26.7 Å². The Morgan fingerprint density at radius 2 is 1.68 bits per heavy atom. The lowest BCUT2D eigenvalue weighted by Crippen LogP contribution is -2.74. The summed E-state index contributed by atoms with van der Waals surface area (Å²) in [6.45, 7) is 4.36. The highest BCUT2D eigenvalue weighted by molar-refractivity contribution is 7.89. The van der Waals surface area contributed by atoms with E-state index in [1.807, 2.05) is 6.92 Å². The summed E-state index contributed by atoms with van der Waals surface area (Å²) in [6, 6.07) is 2.31. The summed E-state index contributed by atoms with van der Waals surface area (Å²) >= 11 is 0. The van der Waals surface area contributed by atoms with Gasteiger partial charge < -0.3 is 5.11 Å². The molecule has 1 aromatic heterocycles. The fourth-order valence-electron chi connectivity index (χ4n) is 5.36. The van der Waals surface area contributed by atoms with E-state index in [1.54, 1.807) is 0 Å². The van der Waals surface area contributed by atoms with Crippen molar-refractivity contribution in [2.75, 3.05) is 26.2 Å². The van der Waals surface area contributed by atoms with Crippen LogP contribution in [-0.4, -0.2) is 65.5 Å². The number of pyridine rings is 1. The maximum Gasteiger partial charge on any atom is 0.433 e. The van der Waals surface area contributed by atoms with E-state index in [2.05, 4.69) is 9.88 Å². The normalized spacial score (nSPS) is 32.0. The van der Waals surface area contributed by atoms with Gasteiger partial charge in [-0.25, -0.2) is 13.4 Å². The van der Waals surface area contributed by atoms with Gasteiger partial charge in [-0.3, -0.25) is 4.90 Å². The molecule has 0 bridgehead atoms. The minimum absolute atomic E-state index is 0.0495. The average molecular weight is 460 g/mol. The van der Waals surface area contributed by atoms with Crippen molar-refractivity contribution in [3.8, 4) is 0 Å². The number of likely N-dealkylation sites (tertiary alicyclic amines) is 1. The summed E-state index contributed by atoms with van der Waals surface area (Å²) in [7, 11) is -3.85. The van der Waals surface area contributed by atoms with Crippen molar-refractivity contribution in [2.24, 2.45) is 5.41 Å². The van der Waals surface area contributed by atoms with Gasteiger partial charge in [0.1, 0.15) is 10.6 Å². The Hall–Kier alpha value is -1.23. The smallest absolute Gasteiger partial charge is 0.390 e. The third kappa shape index (κ3) is 3.89. The Morgan fingerprint density at radius 1 is 1.06 bits per heavy atom. The minimum atomic E-state index is -4.59. The molecule has 31 heavy (non-hydrogen) atoms. The van der Waals surface area contributed by atoms with Crippen LogP contribution in [0.5, 0.6) is 0 Å². The van der Waals surface area contributed by atoms with E-state index in [9.17, 15) is 26.7 Å². The van der Waals surface area contributed by atoms with Gasteiger partial charge in [-0.15, -0.1) is 0 Å². The predicted octanol–water partition coefficient (Wildman–Crippen LogP) is 2.98. The van der Waals surface area contributed by atoms with Gasteiger partial charge in [0, 0.05) is 43.6 Å². The maximum atomic E-state index is 13.2. The molecule has 2 aliphatic heterocycles. The van der Waals surface area contributed by atoms with Crippen LogP contribution < -0.4 is 0 Å². The van der Waals surface area contributed by atoms with Gasteiger partial charge in [-0.2, -0.15) is 17.5 Å². The molecule has 2 saturated heterocycles. The first kappa shape index (κ1) is 21.6. The fraction of sp³-hybridized carbons (Fsp3) is 0.762. The van der Waals surface area contributed by atoms with Crippen LogP contribution in [-0.2, 0) is 16.2 Å². The molecule has 0 radical (unpaired) electrons. The molecule has 172 valence electrons. The Labute approximate surface area is 180 Å². The highest BCUT2D eigenvalue weighted by Crippen LogP contribution is 2.48. The van der Waals surface area contributed by atoms with Gasteiger partial charge >= 0.3 is 6.18 Å². The zero-order chi connectivity index (χ0) is 22.2. The maximum absolute atomic E-state index is 13.2. The molecule has 4 fully saturated rings. The van der Waals surface area contributed by atoms with Crippen molar-refractivity contribution in [3.05, 3.63) is 23.5 Å². The molecule has 2 saturated carbocycles. The fourth-order valence-corrected chi connectivity index (χ4v) is 7.24. The molecule has 1 aromatic rings. The third-order valence-electron chi connectivity index (χ3n) is 7.41. The molecule has 0 amide bonds. The number of aliphatic hydroxyl groups is 1. The number of nitrogens with zero attached hydrogens (tertiary/aromatic N) is 3. The minimum Gasteiger partial charge on any atom is -0.390 e. The summed E-state index contributed by atoms with van der Waals surface area (Å²) in [4.78, 5) is 6.03. The van der Waals surface area contributed by atoms with Crippen LogP contribution in [0.15, 0.2) is 17.0 Å². The predicted molar refractivity (Wildman–Crippen MR) is 107 cm³/mol. The number of hydrogen-bond acceptors (Lipinski definition) is 5. The number of alkyl halides is 3. The third-order valence-corrected chi connectivity index (χ3v) is 9.25. The molecule has 5 rings (SSSR count). The van der Waals surface area contributed by atoms with Crippen LogP contribution in [0.4, 0.5) is 13.2 Å². The van der Waals surface area contributed by atoms with Gasteiger partial charge in [-0.05, 0) is 57.6 Å². The summed E-state index contributed by atoms with van der Waals surface area (Å²) < 4.78 is 66.9. The number of rotatable bonds is 4. The van der Waals surface area contributed by atoms with E-state index in [1.165, 1.54) is 4.31 Å². The van der Waals surface area contributed by atoms with Crippen LogP contribution in [0, 0.1) is 5.41 Å². The molecule has 0 atom stereocenters.